The Morgan fingerprint density at radius 3 is 2.42 bits per heavy atom. The Morgan fingerprint density at radius 2 is 1.76 bits per heavy atom. The highest BCUT2D eigenvalue weighted by atomic mass is 32.2. The number of benzene rings is 2. The number of methoxy groups -OCH3 is 1. The number of hydrogen-bond donors (Lipinski definition) is 1. The number of aryl methyl sites for hydroxylation is 1. The molecule has 2 aromatic carbocycles. The second-order valence-corrected chi connectivity index (χ2v) is 17.3. The molecule has 0 unspecified atom stereocenters. The number of halogens is 1. The third kappa shape index (κ3) is 6.79. The highest BCUT2D eigenvalue weighted by Crippen LogP contribution is 2.52. The van der Waals surface area contributed by atoms with Crippen LogP contribution in [0, 0.1) is 23.6 Å². The molecule has 3 aromatic rings. The van der Waals surface area contributed by atoms with Crippen molar-refractivity contribution in [2.24, 2.45) is 17.8 Å². The average molecular weight is 706 g/mol. The molecule has 50 heavy (non-hydrogen) atoms. The van der Waals surface area contributed by atoms with Gasteiger partial charge in [-0.1, -0.05) is 31.9 Å². The van der Waals surface area contributed by atoms with E-state index in [0.29, 0.717) is 17.4 Å². The lowest BCUT2D eigenvalue weighted by atomic mass is 9.58. The summed E-state index contributed by atoms with van der Waals surface area (Å²) in [4.78, 5) is 22.6. The Labute approximate surface area is 296 Å². The first-order valence-corrected chi connectivity index (χ1v) is 20.2. The van der Waals surface area contributed by atoms with Crippen LogP contribution in [0.5, 0.6) is 0 Å². The number of rotatable bonds is 12. The molecule has 2 aliphatic heterocycles. The number of aromatic nitrogens is 2. The van der Waals surface area contributed by atoms with E-state index in [0.717, 1.165) is 108 Å². The minimum Gasteiger partial charge on any atom is -0.453 e. The molecule has 0 spiro atoms. The zero-order valence-electron chi connectivity index (χ0n) is 29.5. The van der Waals surface area contributed by atoms with Crippen molar-refractivity contribution in [1.82, 2.24) is 19.8 Å². The standard InChI is InChI=1S/C39H52FN5O4S/c1-3-37-41-19-22-44(37)27-39(30-7-4-8-31(40)23-30,35-11-6-12-36(35)42-38(46)49-2)29-17-20-43(21-18-29)24-28-25-45(26-28)32-13-15-34(16-14-32)50(47,48)33-9-5-10-33/h4,7-8,13-16,19,22-23,28-29,33,35-36H,3,5-6,9-12,17-18,20-21,24-27H2,1-2H3,(H,42,46)/t35-,36-,39-/m0/s1. The highest BCUT2D eigenvalue weighted by Gasteiger charge is 2.52. The normalized spacial score (nSPS) is 23.6. The number of amides is 1. The van der Waals surface area contributed by atoms with Crippen LogP contribution in [-0.2, 0) is 33.0 Å². The van der Waals surface area contributed by atoms with Crippen molar-refractivity contribution in [3.05, 3.63) is 78.1 Å². The zero-order chi connectivity index (χ0) is 34.9. The molecule has 4 aliphatic rings. The second kappa shape index (κ2) is 14.7. The summed E-state index contributed by atoms with van der Waals surface area (Å²) in [5, 5.41) is 2.97. The summed E-state index contributed by atoms with van der Waals surface area (Å²) >= 11 is 0. The number of nitrogens with zero attached hydrogens (tertiary/aromatic N) is 4. The molecule has 2 saturated heterocycles. The van der Waals surface area contributed by atoms with Crippen molar-refractivity contribution in [2.75, 3.05) is 44.7 Å². The maximum atomic E-state index is 15.1. The zero-order valence-corrected chi connectivity index (χ0v) is 30.3. The third-order valence-electron chi connectivity index (χ3n) is 12.4. The van der Waals surface area contributed by atoms with Gasteiger partial charge in [-0.05, 0) is 105 Å². The molecule has 4 fully saturated rings. The first-order valence-electron chi connectivity index (χ1n) is 18.6. The molecule has 2 saturated carbocycles. The Bertz CT molecular complexity index is 1730. The summed E-state index contributed by atoms with van der Waals surface area (Å²) in [5.74, 6) is 1.74. The fourth-order valence-corrected chi connectivity index (χ4v) is 11.4. The number of anilines is 1. The molecule has 270 valence electrons. The van der Waals surface area contributed by atoms with Gasteiger partial charge in [-0.2, -0.15) is 0 Å². The number of piperidine rings is 1. The first-order chi connectivity index (χ1) is 24.2. The Balaban J connectivity index is 1.06. The molecule has 0 bridgehead atoms. The van der Waals surface area contributed by atoms with Gasteiger partial charge in [-0.15, -0.1) is 0 Å². The van der Waals surface area contributed by atoms with Crippen LogP contribution in [0.4, 0.5) is 14.9 Å². The molecule has 2 aliphatic carbocycles. The lowest BCUT2D eigenvalue weighted by Gasteiger charge is -2.51. The first kappa shape index (κ1) is 35.0. The quantitative estimate of drug-likeness (QED) is 0.239. The van der Waals surface area contributed by atoms with E-state index in [1.165, 1.54) is 13.2 Å². The van der Waals surface area contributed by atoms with Crippen LogP contribution in [0.15, 0.2) is 65.8 Å². The molecule has 1 N–H and O–H groups in total. The van der Waals surface area contributed by atoms with Gasteiger partial charge in [0.25, 0.3) is 0 Å². The third-order valence-corrected chi connectivity index (χ3v) is 14.7. The van der Waals surface area contributed by atoms with Crippen molar-refractivity contribution >= 4 is 21.6 Å². The highest BCUT2D eigenvalue weighted by molar-refractivity contribution is 7.92. The van der Waals surface area contributed by atoms with E-state index in [4.69, 9.17) is 4.74 Å². The van der Waals surface area contributed by atoms with Crippen LogP contribution in [0.2, 0.25) is 0 Å². The largest absolute Gasteiger partial charge is 0.453 e. The minimum absolute atomic E-state index is 0.0642. The lowest BCUT2D eigenvalue weighted by molar-refractivity contribution is 0.0541. The predicted octanol–water partition coefficient (Wildman–Crippen LogP) is 6.22. The maximum Gasteiger partial charge on any atom is 0.407 e. The number of imidazole rings is 1. The van der Waals surface area contributed by atoms with E-state index >= 15 is 4.39 Å². The Kier molecular flexibility index (Phi) is 10.3. The van der Waals surface area contributed by atoms with Crippen molar-refractivity contribution in [3.63, 3.8) is 0 Å². The molecule has 0 radical (unpaired) electrons. The van der Waals surface area contributed by atoms with Crippen molar-refractivity contribution in [3.8, 4) is 0 Å². The van der Waals surface area contributed by atoms with Crippen molar-refractivity contribution in [1.29, 1.82) is 0 Å². The van der Waals surface area contributed by atoms with Crippen LogP contribution in [-0.4, -0.2) is 80.1 Å². The molecule has 7 rings (SSSR count). The number of carbonyl (C=O) groups is 1. The van der Waals surface area contributed by atoms with Gasteiger partial charge >= 0.3 is 6.09 Å². The molecule has 9 nitrogen and oxygen atoms in total. The smallest absolute Gasteiger partial charge is 0.407 e. The summed E-state index contributed by atoms with van der Waals surface area (Å²) in [6.07, 6.45) is 11.7. The molecular weight excluding hydrogens is 654 g/mol. The Morgan fingerprint density at radius 1 is 1.02 bits per heavy atom. The van der Waals surface area contributed by atoms with Crippen LogP contribution < -0.4 is 10.2 Å². The predicted molar refractivity (Wildman–Crippen MR) is 192 cm³/mol. The molecule has 1 amide bonds. The maximum absolute atomic E-state index is 15.1. The number of carbonyl (C=O) groups excluding carboxylic acids is 1. The molecular formula is C39H52FN5O4S. The van der Waals surface area contributed by atoms with Gasteiger partial charge in [0, 0.05) is 68.1 Å². The molecule has 3 heterocycles. The molecule has 3 atom stereocenters. The van der Waals surface area contributed by atoms with Crippen molar-refractivity contribution in [2.45, 2.75) is 92.9 Å². The number of hydrogen-bond acceptors (Lipinski definition) is 7. The topological polar surface area (TPSA) is 96.8 Å². The van der Waals surface area contributed by atoms with Crippen LogP contribution in [0.1, 0.15) is 69.7 Å². The van der Waals surface area contributed by atoms with Crippen molar-refractivity contribution < 1.29 is 22.3 Å². The van der Waals surface area contributed by atoms with Crippen LogP contribution in [0.25, 0.3) is 0 Å². The summed E-state index contributed by atoms with van der Waals surface area (Å²) in [6.45, 7) is 7.71. The number of alkyl carbamates (subject to hydrolysis) is 1. The van der Waals surface area contributed by atoms with Gasteiger partial charge in [-0.3, -0.25) is 0 Å². The van der Waals surface area contributed by atoms with Gasteiger partial charge in [0.2, 0.25) is 0 Å². The van der Waals surface area contributed by atoms with E-state index < -0.39 is 21.3 Å². The monoisotopic (exact) mass is 705 g/mol. The number of ether oxygens (including phenoxy) is 1. The van der Waals surface area contributed by atoms with E-state index in [2.05, 4.69) is 43.9 Å². The summed E-state index contributed by atoms with van der Waals surface area (Å²) in [6, 6.07) is 14.6. The molecule has 1 aromatic heterocycles. The van der Waals surface area contributed by atoms with E-state index in [1.807, 2.05) is 24.4 Å². The van der Waals surface area contributed by atoms with Gasteiger partial charge in [0.1, 0.15) is 11.6 Å². The van der Waals surface area contributed by atoms with Crippen LogP contribution in [0.3, 0.4) is 0 Å². The SMILES string of the molecule is CCc1nccn1C[C@@](c1cccc(F)c1)(C1CCN(CC2CN(c3ccc(S(=O)(=O)C4CCC4)cc3)C2)CC1)[C@H]1CCC[C@@H]1NC(=O)OC. The number of nitrogens with one attached hydrogen (secondary N) is 1. The van der Waals surface area contributed by atoms with Crippen LogP contribution >= 0.6 is 0 Å². The summed E-state index contributed by atoms with van der Waals surface area (Å²) < 4.78 is 48.1. The summed E-state index contributed by atoms with van der Waals surface area (Å²) in [7, 11) is -1.79. The fourth-order valence-electron chi connectivity index (χ4n) is 9.52. The lowest BCUT2D eigenvalue weighted by Crippen LogP contribution is -2.56. The second-order valence-electron chi connectivity index (χ2n) is 15.1. The fraction of sp³-hybridized carbons (Fsp3) is 0.590. The van der Waals surface area contributed by atoms with E-state index in [-0.39, 0.29) is 28.9 Å². The minimum atomic E-state index is -3.20. The molecule has 11 heteroatoms. The number of likely N-dealkylation sites (tertiary alicyclic amines) is 1. The van der Waals surface area contributed by atoms with Gasteiger partial charge < -0.3 is 24.4 Å². The average Bonchev–Trinajstić information content (AvgIpc) is 3.73. The summed E-state index contributed by atoms with van der Waals surface area (Å²) in [5.41, 5.74) is 1.69. The Hall–Kier alpha value is -3.44. The van der Waals surface area contributed by atoms with Gasteiger partial charge in [0.05, 0.1) is 17.3 Å². The van der Waals surface area contributed by atoms with Gasteiger partial charge in [-0.25, -0.2) is 22.6 Å². The number of sulfone groups is 1. The van der Waals surface area contributed by atoms with E-state index in [1.54, 1.807) is 18.2 Å². The van der Waals surface area contributed by atoms with Gasteiger partial charge in [0.15, 0.2) is 9.84 Å². The van der Waals surface area contributed by atoms with E-state index in [9.17, 15) is 13.2 Å².